The molecule has 1 N–H and O–H groups in total. The van der Waals surface area contributed by atoms with Crippen molar-refractivity contribution in [1.82, 2.24) is 5.32 Å². The van der Waals surface area contributed by atoms with Gasteiger partial charge in [-0.1, -0.05) is 48.3 Å². The molecule has 2 heteroatoms. The van der Waals surface area contributed by atoms with Crippen molar-refractivity contribution in [3.8, 4) is 0 Å². The second-order valence-corrected chi connectivity index (χ2v) is 5.98. The van der Waals surface area contributed by atoms with E-state index in [2.05, 4.69) is 59.4 Å². The van der Waals surface area contributed by atoms with E-state index in [1.54, 1.807) is 0 Å². The standard InChI is InChI=1S/C14H20BrN/c1-3-14(2)7-8-16-10-13(14)11-5-4-6-12(15)9-11/h4-6,9,13,16H,3,7-8,10H2,1-2H3. The molecule has 0 bridgehead atoms. The fourth-order valence-electron chi connectivity index (χ4n) is 2.71. The van der Waals surface area contributed by atoms with Crippen LogP contribution < -0.4 is 5.32 Å². The fraction of sp³-hybridized carbons (Fsp3) is 0.571. The summed E-state index contributed by atoms with van der Waals surface area (Å²) in [6, 6.07) is 8.77. The number of rotatable bonds is 2. The van der Waals surface area contributed by atoms with Crippen molar-refractivity contribution in [2.75, 3.05) is 13.1 Å². The third kappa shape index (κ3) is 2.33. The normalized spacial score (nSPS) is 30.3. The molecule has 0 spiro atoms. The van der Waals surface area contributed by atoms with Crippen LogP contribution in [0.4, 0.5) is 0 Å². The van der Waals surface area contributed by atoms with E-state index in [1.165, 1.54) is 22.9 Å². The van der Waals surface area contributed by atoms with Gasteiger partial charge < -0.3 is 5.32 Å². The summed E-state index contributed by atoms with van der Waals surface area (Å²) in [5.74, 6) is 0.642. The van der Waals surface area contributed by atoms with Gasteiger partial charge in [0.25, 0.3) is 0 Å². The van der Waals surface area contributed by atoms with Crippen LogP contribution in [-0.2, 0) is 0 Å². The maximum atomic E-state index is 3.57. The fourth-order valence-corrected chi connectivity index (χ4v) is 3.12. The van der Waals surface area contributed by atoms with Crippen LogP contribution in [0.2, 0.25) is 0 Å². The summed E-state index contributed by atoms with van der Waals surface area (Å²) >= 11 is 3.57. The molecule has 2 atom stereocenters. The molecule has 1 nitrogen and oxygen atoms in total. The molecule has 2 rings (SSSR count). The second kappa shape index (κ2) is 4.89. The molecule has 2 unspecified atom stereocenters. The monoisotopic (exact) mass is 281 g/mol. The molecule has 1 heterocycles. The summed E-state index contributed by atoms with van der Waals surface area (Å²) in [6.45, 7) is 7.02. The molecule has 0 radical (unpaired) electrons. The molecule has 16 heavy (non-hydrogen) atoms. The lowest BCUT2D eigenvalue weighted by atomic mass is 9.68. The Morgan fingerprint density at radius 1 is 1.50 bits per heavy atom. The van der Waals surface area contributed by atoms with Gasteiger partial charge in [0.15, 0.2) is 0 Å². The van der Waals surface area contributed by atoms with E-state index in [4.69, 9.17) is 0 Å². The zero-order chi connectivity index (χ0) is 11.6. The number of hydrogen-bond acceptors (Lipinski definition) is 1. The first-order valence-corrected chi connectivity index (χ1v) is 6.91. The minimum absolute atomic E-state index is 0.450. The van der Waals surface area contributed by atoms with Gasteiger partial charge >= 0.3 is 0 Å². The minimum atomic E-state index is 0.450. The SMILES string of the molecule is CCC1(C)CCNCC1c1cccc(Br)c1. The van der Waals surface area contributed by atoms with Gasteiger partial charge in [0, 0.05) is 16.9 Å². The Morgan fingerprint density at radius 3 is 3.00 bits per heavy atom. The first-order chi connectivity index (χ1) is 7.65. The second-order valence-electron chi connectivity index (χ2n) is 5.07. The van der Waals surface area contributed by atoms with Gasteiger partial charge in [-0.25, -0.2) is 0 Å². The quantitative estimate of drug-likeness (QED) is 0.866. The molecular weight excluding hydrogens is 262 g/mol. The van der Waals surface area contributed by atoms with E-state index >= 15 is 0 Å². The van der Waals surface area contributed by atoms with Crippen LogP contribution in [0, 0.1) is 5.41 Å². The third-order valence-electron chi connectivity index (χ3n) is 4.12. The van der Waals surface area contributed by atoms with E-state index < -0.39 is 0 Å². The molecule has 0 aliphatic carbocycles. The number of halogens is 1. The zero-order valence-electron chi connectivity index (χ0n) is 10.1. The van der Waals surface area contributed by atoms with Crippen molar-refractivity contribution >= 4 is 15.9 Å². The Bertz CT molecular complexity index is 364. The minimum Gasteiger partial charge on any atom is -0.316 e. The van der Waals surface area contributed by atoms with Crippen molar-refractivity contribution in [1.29, 1.82) is 0 Å². The highest BCUT2D eigenvalue weighted by Crippen LogP contribution is 2.43. The molecule has 0 aromatic heterocycles. The lowest BCUT2D eigenvalue weighted by Gasteiger charge is -2.42. The molecule has 0 saturated carbocycles. The first-order valence-electron chi connectivity index (χ1n) is 6.12. The van der Waals surface area contributed by atoms with Crippen LogP contribution in [0.15, 0.2) is 28.7 Å². The molecule has 1 fully saturated rings. The predicted molar refractivity (Wildman–Crippen MR) is 72.8 cm³/mol. The summed E-state index contributed by atoms with van der Waals surface area (Å²) in [4.78, 5) is 0. The molecule has 88 valence electrons. The molecule has 1 saturated heterocycles. The number of benzene rings is 1. The van der Waals surface area contributed by atoms with Crippen LogP contribution in [0.5, 0.6) is 0 Å². The molecule has 1 aromatic carbocycles. The highest BCUT2D eigenvalue weighted by Gasteiger charge is 2.35. The van der Waals surface area contributed by atoms with E-state index in [-0.39, 0.29) is 0 Å². The van der Waals surface area contributed by atoms with E-state index in [9.17, 15) is 0 Å². The van der Waals surface area contributed by atoms with Gasteiger partial charge in [0.1, 0.15) is 0 Å². The van der Waals surface area contributed by atoms with Gasteiger partial charge in [-0.3, -0.25) is 0 Å². The zero-order valence-corrected chi connectivity index (χ0v) is 11.7. The number of nitrogens with one attached hydrogen (secondary N) is 1. The van der Waals surface area contributed by atoms with Gasteiger partial charge in [-0.15, -0.1) is 0 Å². The summed E-state index contributed by atoms with van der Waals surface area (Å²) in [6.07, 6.45) is 2.53. The Labute approximate surface area is 107 Å². The van der Waals surface area contributed by atoms with Crippen LogP contribution in [0.25, 0.3) is 0 Å². The Hall–Kier alpha value is -0.340. The highest BCUT2D eigenvalue weighted by molar-refractivity contribution is 9.10. The van der Waals surface area contributed by atoms with E-state index in [0.717, 1.165) is 13.1 Å². The van der Waals surface area contributed by atoms with Crippen LogP contribution >= 0.6 is 15.9 Å². The highest BCUT2D eigenvalue weighted by atomic mass is 79.9. The average molecular weight is 282 g/mol. The molecular formula is C14H20BrN. The van der Waals surface area contributed by atoms with Crippen molar-refractivity contribution < 1.29 is 0 Å². The lowest BCUT2D eigenvalue weighted by Crippen LogP contribution is -2.41. The maximum absolute atomic E-state index is 3.57. The maximum Gasteiger partial charge on any atom is 0.0178 e. The van der Waals surface area contributed by atoms with Gasteiger partial charge in [0.05, 0.1) is 0 Å². The van der Waals surface area contributed by atoms with E-state index in [0.29, 0.717) is 11.3 Å². The molecule has 0 amide bonds. The Morgan fingerprint density at radius 2 is 2.31 bits per heavy atom. The van der Waals surface area contributed by atoms with Gasteiger partial charge in [-0.2, -0.15) is 0 Å². The largest absolute Gasteiger partial charge is 0.316 e. The summed E-state index contributed by atoms with van der Waals surface area (Å²) in [5.41, 5.74) is 1.91. The van der Waals surface area contributed by atoms with Crippen molar-refractivity contribution in [3.05, 3.63) is 34.3 Å². The summed E-state index contributed by atoms with van der Waals surface area (Å²) in [5, 5.41) is 3.53. The smallest absolute Gasteiger partial charge is 0.0178 e. The molecule has 1 aromatic rings. The first kappa shape index (κ1) is 12.1. The van der Waals surface area contributed by atoms with Crippen LogP contribution in [0.1, 0.15) is 38.2 Å². The van der Waals surface area contributed by atoms with Gasteiger partial charge in [-0.05, 0) is 36.1 Å². The summed E-state index contributed by atoms with van der Waals surface area (Å²) in [7, 11) is 0. The number of piperidine rings is 1. The van der Waals surface area contributed by atoms with Crippen LogP contribution in [-0.4, -0.2) is 13.1 Å². The average Bonchev–Trinajstić information content (AvgIpc) is 2.29. The topological polar surface area (TPSA) is 12.0 Å². The predicted octanol–water partition coefficient (Wildman–Crippen LogP) is 3.94. The van der Waals surface area contributed by atoms with Gasteiger partial charge in [0.2, 0.25) is 0 Å². The third-order valence-corrected chi connectivity index (χ3v) is 4.61. The van der Waals surface area contributed by atoms with Crippen LogP contribution in [0.3, 0.4) is 0 Å². The number of hydrogen-bond donors (Lipinski definition) is 1. The molecule has 1 aliphatic rings. The van der Waals surface area contributed by atoms with E-state index in [1.807, 2.05) is 0 Å². The van der Waals surface area contributed by atoms with Crippen molar-refractivity contribution in [2.24, 2.45) is 5.41 Å². The lowest BCUT2D eigenvalue weighted by molar-refractivity contribution is 0.180. The Kier molecular flexibility index (Phi) is 3.70. The van der Waals surface area contributed by atoms with Crippen molar-refractivity contribution in [2.45, 2.75) is 32.6 Å². The van der Waals surface area contributed by atoms with Crippen molar-refractivity contribution in [3.63, 3.8) is 0 Å². The Balaban J connectivity index is 2.30. The summed E-state index contributed by atoms with van der Waals surface area (Å²) < 4.78 is 1.19. The molecule has 1 aliphatic heterocycles.